The largest absolute Gasteiger partial charge is 0.383 e. The summed E-state index contributed by atoms with van der Waals surface area (Å²) >= 11 is 0. The molecule has 1 saturated carbocycles. The van der Waals surface area contributed by atoms with E-state index in [-0.39, 0.29) is 17.7 Å². The zero-order valence-electron chi connectivity index (χ0n) is 19.9. The Hall–Kier alpha value is -2.05. The predicted octanol–water partition coefficient (Wildman–Crippen LogP) is -0.103. The lowest BCUT2D eigenvalue weighted by molar-refractivity contribution is -0.150. The molecule has 1 unspecified atom stereocenters. The summed E-state index contributed by atoms with van der Waals surface area (Å²) in [6.45, 7) is 8.05. The third-order valence-corrected chi connectivity index (χ3v) is 7.71. The Labute approximate surface area is 191 Å². The molecule has 11 heteroatoms. The van der Waals surface area contributed by atoms with Gasteiger partial charge in [0.25, 0.3) is 5.56 Å². The van der Waals surface area contributed by atoms with Crippen LogP contribution in [0.1, 0.15) is 59.6 Å². The molecule has 0 radical (unpaired) electrons. The van der Waals surface area contributed by atoms with Crippen LogP contribution in [0.5, 0.6) is 0 Å². The topological polar surface area (TPSA) is 144 Å². The van der Waals surface area contributed by atoms with Crippen molar-refractivity contribution in [1.82, 2.24) is 24.0 Å². The van der Waals surface area contributed by atoms with Gasteiger partial charge in [0, 0.05) is 18.5 Å². The van der Waals surface area contributed by atoms with Crippen LogP contribution in [0.2, 0.25) is 0 Å². The molecule has 2 aliphatic rings. The normalized spacial score (nSPS) is 31.2. The standard InChI is InChI=1S/C22H35N5O6/c1-6-8-10-25-15-13(17(29)26(19(25)30)11-9-7-2)27(12-24-15)18-22(32)20(3,4)21(22,31)14(33-18)16(28)23-5/h12,14,16,18,23,28,31-32H,6-11H2,1-5H3/t14-,16?,18-,21+,22-/m1/s1. The van der Waals surface area contributed by atoms with Gasteiger partial charge in [-0.3, -0.25) is 23.8 Å². The highest BCUT2D eigenvalue weighted by atomic mass is 16.6. The number of likely N-dealkylation sites (N-methyl/N-ethyl adjacent to an activating group) is 1. The summed E-state index contributed by atoms with van der Waals surface area (Å²) in [5, 5.41) is 36.0. The summed E-state index contributed by atoms with van der Waals surface area (Å²) in [4.78, 5) is 31.0. The van der Waals surface area contributed by atoms with Gasteiger partial charge in [-0.15, -0.1) is 0 Å². The zero-order valence-corrected chi connectivity index (χ0v) is 19.9. The van der Waals surface area contributed by atoms with Crippen LogP contribution in [-0.4, -0.2) is 64.6 Å². The third kappa shape index (κ3) is 2.89. The van der Waals surface area contributed by atoms with E-state index in [0.717, 1.165) is 19.3 Å². The first kappa shape index (κ1) is 24.1. The predicted molar refractivity (Wildman–Crippen MR) is 121 cm³/mol. The lowest BCUT2D eigenvalue weighted by Gasteiger charge is -2.30. The number of nitrogens with zero attached hydrogens (tertiary/aromatic N) is 4. The maximum Gasteiger partial charge on any atom is 0.332 e. The highest BCUT2D eigenvalue weighted by molar-refractivity contribution is 5.70. The molecule has 2 fully saturated rings. The van der Waals surface area contributed by atoms with Gasteiger partial charge in [0.15, 0.2) is 17.4 Å². The lowest BCUT2D eigenvalue weighted by Crippen LogP contribution is -2.48. The van der Waals surface area contributed by atoms with Crippen LogP contribution in [0.4, 0.5) is 0 Å². The number of nitrogens with one attached hydrogen (secondary N) is 1. The molecule has 2 aromatic rings. The van der Waals surface area contributed by atoms with Crippen molar-refractivity contribution in [1.29, 1.82) is 0 Å². The number of unbranched alkanes of at least 4 members (excludes halogenated alkanes) is 2. The van der Waals surface area contributed by atoms with Crippen LogP contribution in [0.3, 0.4) is 0 Å². The minimum absolute atomic E-state index is 0.130. The van der Waals surface area contributed by atoms with Crippen molar-refractivity contribution in [2.45, 2.75) is 96.2 Å². The van der Waals surface area contributed by atoms with Crippen LogP contribution in [0.25, 0.3) is 11.2 Å². The van der Waals surface area contributed by atoms with E-state index in [1.54, 1.807) is 13.8 Å². The van der Waals surface area contributed by atoms with Crippen molar-refractivity contribution in [3.63, 3.8) is 0 Å². The smallest absolute Gasteiger partial charge is 0.332 e. The number of fused-ring (bicyclic) bond motifs is 2. The molecular weight excluding hydrogens is 430 g/mol. The van der Waals surface area contributed by atoms with E-state index in [2.05, 4.69) is 10.3 Å². The van der Waals surface area contributed by atoms with Crippen molar-refractivity contribution in [2.75, 3.05) is 7.05 Å². The molecule has 1 saturated heterocycles. The van der Waals surface area contributed by atoms with Crippen LogP contribution in [-0.2, 0) is 17.8 Å². The maximum absolute atomic E-state index is 13.5. The SMILES string of the molecule is CCCCn1c(=O)c2c(ncn2[C@@H]2O[C@H](C(O)NC)[C@]3(O)C(C)(C)[C@]23O)n(CCCC)c1=O. The van der Waals surface area contributed by atoms with E-state index in [0.29, 0.717) is 13.0 Å². The highest BCUT2D eigenvalue weighted by Crippen LogP contribution is 2.75. The zero-order chi connectivity index (χ0) is 24.3. The van der Waals surface area contributed by atoms with Crippen molar-refractivity contribution in [3.8, 4) is 0 Å². The van der Waals surface area contributed by atoms with E-state index < -0.39 is 46.4 Å². The Morgan fingerprint density at radius 2 is 1.73 bits per heavy atom. The Morgan fingerprint density at radius 1 is 1.12 bits per heavy atom. The number of hydrogen-bond acceptors (Lipinski definition) is 8. The molecule has 0 amide bonds. The molecule has 1 aliphatic carbocycles. The highest BCUT2D eigenvalue weighted by Gasteiger charge is 2.93. The second-order valence-electron chi connectivity index (χ2n) is 9.72. The lowest BCUT2D eigenvalue weighted by atomic mass is 10.00. The van der Waals surface area contributed by atoms with Crippen molar-refractivity contribution in [3.05, 3.63) is 27.2 Å². The minimum atomic E-state index is -1.78. The fourth-order valence-corrected chi connectivity index (χ4v) is 5.44. The molecule has 5 atom stereocenters. The van der Waals surface area contributed by atoms with E-state index >= 15 is 0 Å². The molecule has 4 rings (SSSR count). The molecule has 0 aromatic carbocycles. The molecule has 2 aromatic heterocycles. The number of hydrogen-bond donors (Lipinski definition) is 4. The molecule has 11 nitrogen and oxygen atoms in total. The maximum atomic E-state index is 13.5. The van der Waals surface area contributed by atoms with E-state index in [4.69, 9.17) is 4.74 Å². The van der Waals surface area contributed by atoms with Gasteiger partial charge < -0.3 is 20.1 Å². The molecular formula is C22H35N5O6. The third-order valence-electron chi connectivity index (χ3n) is 7.71. The number of ether oxygens (including phenoxy) is 1. The molecule has 0 spiro atoms. The van der Waals surface area contributed by atoms with Crippen molar-refractivity contribution >= 4 is 11.2 Å². The summed E-state index contributed by atoms with van der Waals surface area (Å²) in [7, 11) is 1.52. The van der Waals surface area contributed by atoms with Gasteiger partial charge in [-0.1, -0.05) is 40.5 Å². The van der Waals surface area contributed by atoms with Crippen LogP contribution in [0.15, 0.2) is 15.9 Å². The molecule has 4 N–H and O–H groups in total. The molecule has 3 heterocycles. The first-order chi connectivity index (χ1) is 15.5. The molecule has 1 aliphatic heterocycles. The monoisotopic (exact) mass is 465 g/mol. The average molecular weight is 466 g/mol. The second kappa shape index (κ2) is 8.02. The number of aryl methyl sites for hydroxylation is 1. The van der Waals surface area contributed by atoms with Gasteiger partial charge in [0.2, 0.25) is 0 Å². The Bertz CT molecular complexity index is 1170. The summed E-state index contributed by atoms with van der Waals surface area (Å²) in [5.41, 5.74) is -5.12. The summed E-state index contributed by atoms with van der Waals surface area (Å²) in [5.74, 6) is 0. The van der Waals surface area contributed by atoms with E-state index in [9.17, 15) is 24.9 Å². The van der Waals surface area contributed by atoms with Crippen molar-refractivity contribution < 1.29 is 20.1 Å². The number of aromatic nitrogens is 4. The summed E-state index contributed by atoms with van der Waals surface area (Å²) < 4.78 is 10.1. The van der Waals surface area contributed by atoms with Crippen LogP contribution in [0, 0.1) is 5.41 Å². The Morgan fingerprint density at radius 3 is 2.30 bits per heavy atom. The van der Waals surface area contributed by atoms with Gasteiger partial charge in [-0.05, 0) is 19.9 Å². The first-order valence-corrected chi connectivity index (χ1v) is 11.7. The summed E-state index contributed by atoms with van der Waals surface area (Å²) in [6, 6.07) is 0. The summed E-state index contributed by atoms with van der Waals surface area (Å²) in [6.07, 6.45) is 0.874. The van der Waals surface area contributed by atoms with Crippen LogP contribution < -0.4 is 16.6 Å². The number of rotatable bonds is 9. The van der Waals surface area contributed by atoms with Crippen LogP contribution >= 0.6 is 0 Å². The minimum Gasteiger partial charge on any atom is -0.383 e. The molecule has 184 valence electrons. The number of aliphatic hydroxyl groups excluding tert-OH is 1. The van der Waals surface area contributed by atoms with Gasteiger partial charge in [0.05, 0.1) is 0 Å². The Kier molecular flexibility index (Phi) is 5.85. The van der Waals surface area contributed by atoms with E-state index in [1.807, 2.05) is 13.8 Å². The first-order valence-electron chi connectivity index (χ1n) is 11.7. The van der Waals surface area contributed by atoms with Crippen molar-refractivity contribution in [2.24, 2.45) is 5.41 Å². The number of aliphatic hydroxyl groups is 3. The fourth-order valence-electron chi connectivity index (χ4n) is 5.44. The molecule has 33 heavy (non-hydrogen) atoms. The second-order valence-corrected chi connectivity index (χ2v) is 9.72. The van der Waals surface area contributed by atoms with Gasteiger partial charge in [-0.25, -0.2) is 9.78 Å². The number of imidazole rings is 1. The van der Waals surface area contributed by atoms with Gasteiger partial charge >= 0.3 is 5.69 Å². The Balaban J connectivity index is 1.92. The quantitative estimate of drug-likeness (QED) is 0.376. The average Bonchev–Trinajstić information content (AvgIpc) is 3.15. The fraction of sp³-hybridized carbons (Fsp3) is 0.773. The molecule has 0 bridgehead atoms. The van der Waals surface area contributed by atoms with E-state index in [1.165, 1.54) is 27.1 Å². The van der Waals surface area contributed by atoms with Gasteiger partial charge in [-0.2, -0.15) is 0 Å². The van der Waals surface area contributed by atoms with Gasteiger partial charge in [0.1, 0.15) is 29.9 Å².